The number of hydrogen-bond acceptors (Lipinski definition) is 2. The van der Waals surface area contributed by atoms with Gasteiger partial charge in [-0.3, -0.25) is 4.79 Å². The molecule has 1 aromatic carbocycles. The lowest BCUT2D eigenvalue weighted by atomic mass is 9.91. The number of carboxylic acids is 1. The molecule has 1 amide bonds. The average molecular weight is 385 g/mol. The average Bonchev–Trinajstić information content (AvgIpc) is 2.55. The number of halogens is 7. The summed E-state index contributed by atoms with van der Waals surface area (Å²) in [5.41, 5.74) is -5.25. The first-order valence-corrected chi connectivity index (χ1v) is 7.16. The molecule has 0 aliphatic heterocycles. The van der Waals surface area contributed by atoms with Crippen LogP contribution in [0.25, 0.3) is 0 Å². The smallest absolute Gasteiger partial charge is 0.422 e. The number of aliphatic carboxylic acids is 1. The number of rotatable bonds is 3. The van der Waals surface area contributed by atoms with Gasteiger partial charge in [0.25, 0.3) is 5.91 Å². The number of carbonyl (C=O) groups excluding carboxylic acids is 1. The van der Waals surface area contributed by atoms with E-state index < -0.39 is 52.6 Å². The molecule has 26 heavy (non-hydrogen) atoms. The van der Waals surface area contributed by atoms with Crippen LogP contribution in [0.5, 0.6) is 0 Å². The maximum atomic E-state index is 13.8. The second kappa shape index (κ2) is 6.96. The number of carboxylic acid groups (broad SMARTS) is 1. The first-order valence-electron chi connectivity index (χ1n) is 7.16. The Balaban J connectivity index is 2.51. The predicted molar refractivity (Wildman–Crippen MR) is 73.0 cm³/mol. The van der Waals surface area contributed by atoms with Crippen molar-refractivity contribution >= 4 is 17.6 Å². The fourth-order valence-corrected chi connectivity index (χ4v) is 2.57. The number of carbonyl (C=O) groups is 2. The summed E-state index contributed by atoms with van der Waals surface area (Å²) in [6.07, 6.45) is -4.99. The van der Waals surface area contributed by atoms with Crippen molar-refractivity contribution in [3.05, 3.63) is 40.0 Å². The summed E-state index contributed by atoms with van der Waals surface area (Å²) < 4.78 is 92.2. The van der Waals surface area contributed by atoms with E-state index in [9.17, 15) is 40.3 Å². The normalized spacial score (nSPS) is 15.2. The Hall–Kier alpha value is -2.59. The van der Waals surface area contributed by atoms with E-state index in [1.54, 1.807) is 0 Å². The third-order valence-electron chi connectivity index (χ3n) is 3.79. The Morgan fingerprint density at radius 3 is 1.73 bits per heavy atom. The fraction of sp³-hybridized carbons (Fsp3) is 0.333. The van der Waals surface area contributed by atoms with Gasteiger partial charge in [0.05, 0.1) is 0 Å². The van der Waals surface area contributed by atoms with Gasteiger partial charge >= 0.3 is 12.1 Å². The summed E-state index contributed by atoms with van der Waals surface area (Å²) >= 11 is 0. The topological polar surface area (TPSA) is 66.4 Å². The lowest BCUT2D eigenvalue weighted by Gasteiger charge is -2.18. The minimum atomic E-state index is -5.71. The Labute approximate surface area is 141 Å². The standard InChI is InChI=1S/C15H10F7NO3/c16-8-7(15(20,21)22)9(17)11(19)12(10(8)18)23-13(24)5-3-1-2-4-6(5)14(25)26/h1-4H2,(H,23,24)(H,25,26). The van der Waals surface area contributed by atoms with Crippen LogP contribution >= 0.6 is 0 Å². The molecule has 0 radical (unpaired) electrons. The lowest BCUT2D eigenvalue weighted by Crippen LogP contribution is -2.24. The molecule has 2 rings (SSSR count). The molecular formula is C15H10F7NO3. The molecule has 1 aliphatic rings. The quantitative estimate of drug-likeness (QED) is 0.607. The number of anilines is 1. The lowest BCUT2D eigenvalue weighted by molar-refractivity contribution is -0.143. The molecule has 0 spiro atoms. The monoisotopic (exact) mass is 385 g/mol. The summed E-state index contributed by atoms with van der Waals surface area (Å²) in [7, 11) is 0. The third-order valence-corrected chi connectivity index (χ3v) is 3.79. The van der Waals surface area contributed by atoms with Gasteiger partial charge < -0.3 is 10.4 Å². The Bertz CT molecular complexity index is 785. The van der Waals surface area contributed by atoms with Crippen LogP contribution in [0, 0.1) is 23.3 Å². The molecule has 1 aliphatic carbocycles. The first-order chi connectivity index (χ1) is 12.0. The van der Waals surface area contributed by atoms with Crippen LogP contribution in [-0.4, -0.2) is 17.0 Å². The van der Waals surface area contributed by atoms with Gasteiger partial charge in [0.15, 0.2) is 23.3 Å². The van der Waals surface area contributed by atoms with E-state index in [0.717, 1.165) is 0 Å². The Kier molecular flexibility index (Phi) is 5.28. The molecule has 1 aromatic rings. The highest BCUT2D eigenvalue weighted by atomic mass is 19.4. The van der Waals surface area contributed by atoms with Gasteiger partial charge in [-0.25, -0.2) is 22.4 Å². The first kappa shape index (κ1) is 19.7. The van der Waals surface area contributed by atoms with Crippen LogP contribution in [0.4, 0.5) is 36.4 Å². The van der Waals surface area contributed by atoms with Gasteiger partial charge in [0.1, 0.15) is 11.3 Å². The number of nitrogens with one attached hydrogen (secondary N) is 1. The second-order valence-corrected chi connectivity index (χ2v) is 5.43. The summed E-state index contributed by atoms with van der Waals surface area (Å²) in [5.74, 6) is -13.2. The highest BCUT2D eigenvalue weighted by Gasteiger charge is 2.42. The van der Waals surface area contributed by atoms with Gasteiger partial charge in [-0.15, -0.1) is 0 Å². The zero-order valence-corrected chi connectivity index (χ0v) is 12.7. The molecule has 0 bridgehead atoms. The zero-order valence-electron chi connectivity index (χ0n) is 12.7. The zero-order chi connectivity index (χ0) is 19.8. The van der Waals surface area contributed by atoms with Crippen molar-refractivity contribution in [2.45, 2.75) is 31.9 Å². The van der Waals surface area contributed by atoms with E-state index in [0.29, 0.717) is 12.8 Å². The van der Waals surface area contributed by atoms with Crippen LogP contribution in [0.3, 0.4) is 0 Å². The van der Waals surface area contributed by atoms with Gasteiger partial charge in [0, 0.05) is 11.1 Å². The highest BCUT2D eigenvalue weighted by Crippen LogP contribution is 2.38. The molecule has 142 valence electrons. The van der Waals surface area contributed by atoms with Gasteiger partial charge in [-0.2, -0.15) is 13.2 Å². The molecule has 2 N–H and O–H groups in total. The highest BCUT2D eigenvalue weighted by molar-refractivity contribution is 6.09. The van der Waals surface area contributed by atoms with Gasteiger partial charge in [0.2, 0.25) is 0 Å². The molecule has 0 aromatic heterocycles. The minimum absolute atomic E-state index is 0.0151. The number of hydrogen-bond donors (Lipinski definition) is 2. The van der Waals surface area contributed by atoms with Crippen LogP contribution in [0.1, 0.15) is 31.2 Å². The molecule has 0 fully saturated rings. The molecule has 0 saturated heterocycles. The van der Waals surface area contributed by atoms with Crippen molar-refractivity contribution in [1.29, 1.82) is 0 Å². The van der Waals surface area contributed by atoms with E-state index in [1.807, 2.05) is 0 Å². The van der Waals surface area contributed by atoms with E-state index in [-0.39, 0.29) is 24.0 Å². The maximum Gasteiger partial charge on any atom is 0.422 e. The van der Waals surface area contributed by atoms with Crippen LogP contribution < -0.4 is 5.32 Å². The van der Waals surface area contributed by atoms with Crippen LogP contribution in [0.15, 0.2) is 11.1 Å². The number of alkyl halides is 3. The van der Waals surface area contributed by atoms with Crippen molar-refractivity contribution in [2.24, 2.45) is 0 Å². The summed E-state index contributed by atoms with van der Waals surface area (Å²) in [5, 5.41) is 10.5. The fourth-order valence-electron chi connectivity index (χ4n) is 2.57. The van der Waals surface area contributed by atoms with Crippen LogP contribution in [-0.2, 0) is 15.8 Å². The minimum Gasteiger partial charge on any atom is -0.478 e. The van der Waals surface area contributed by atoms with Gasteiger partial charge in [-0.05, 0) is 25.7 Å². The van der Waals surface area contributed by atoms with E-state index in [1.165, 1.54) is 5.32 Å². The van der Waals surface area contributed by atoms with Crippen LogP contribution in [0.2, 0.25) is 0 Å². The molecule has 0 saturated carbocycles. The SMILES string of the molecule is O=C(O)C1=C(C(=O)Nc2c(F)c(F)c(C(F)(F)F)c(F)c2F)CCCC1. The van der Waals surface area contributed by atoms with Crippen molar-refractivity contribution in [3.63, 3.8) is 0 Å². The number of amides is 1. The predicted octanol–water partition coefficient (Wildman–Crippen LogP) is 4.16. The maximum absolute atomic E-state index is 13.8. The summed E-state index contributed by atoms with van der Waals surface area (Å²) in [6.45, 7) is 0. The van der Waals surface area contributed by atoms with E-state index >= 15 is 0 Å². The van der Waals surface area contributed by atoms with Crippen molar-refractivity contribution in [1.82, 2.24) is 0 Å². The van der Waals surface area contributed by atoms with Crippen molar-refractivity contribution in [3.8, 4) is 0 Å². The molecule has 0 atom stereocenters. The Morgan fingerprint density at radius 2 is 1.31 bits per heavy atom. The van der Waals surface area contributed by atoms with E-state index in [2.05, 4.69) is 0 Å². The van der Waals surface area contributed by atoms with Gasteiger partial charge in [-0.1, -0.05) is 0 Å². The number of benzene rings is 1. The largest absolute Gasteiger partial charge is 0.478 e. The molecule has 11 heteroatoms. The molecule has 0 unspecified atom stereocenters. The summed E-state index contributed by atoms with van der Waals surface area (Å²) in [4.78, 5) is 23.1. The Morgan fingerprint density at radius 1 is 0.846 bits per heavy atom. The van der Waals surface area contributed by atoms with E-state index in [4.69, 9.17) is 5.11 Å². The molecule has 4 nitrogen and oxygen atoms in total. The van der Waals surface area contributed by atoms with Crippen molar-refractivity contribution in [2.75, 3.05) is 5.32 Å². The third kappa shape index (κ3) is 3.51. The second-order valence-electron chi connectivity index (χ2n) is 5.43. The summed E-state index contributed by atoms with van der Waals surface area (Å²) in [6, 6.07) is 0. The van der Waals surface area contributed by atoms with Crippen molar-refractivity contribution < 1.29 is 45.4 Å². The molecule has 0 heterocycles. The molecular weight excluding hydrogens is 375 g/mol.